The lowest BCUT2D eigenvalue weighted by atomic mass is 10.1. The lowest BCUT2D eigenvalue weighted by Gasteiger charge is -2.09. The summed E-state index contributed by atoms with van der Waals surface area (Å²) in [6.45, 7) is 1.88. The van der Waals surface area contributed by atoms with Crippen molar-refractivity contribution in [1.29, 1.82) is 0 Å². The maximum atomic E-state index is 8.98. The van der Waals surface area contributed by atoms with Crippen LogP contribution in [-0.4, -0.2) is 11.2 Å². The van der Waals surface area contributed by atoms with Gasteiger partial charge in [0.15, 0.2) is 0 Å². The molecule has 8 heavy (non-hydrogen) atoms. The SMILES string of the molecule is CC1=CNC=CC1O. The number of hydrogen-bond acceptors (Lipinski definition) is 2. The van der Waals surface area contributed by atoms with Gasteiger partial charge in [-0.25, -0.2) is 0 Å². The first-order valence-corrected chi connectivity index (χ1v) is 2.58. The molecule has 1 aliphatic rings. The fourth-order valence-corrected chi connectivity index (χ4v) is 0.563. The minimum absolute atomic E-state index is 0.378. The Balaban J connectivity index is 2.63. The molecule has 0 aromatic carbocycles. The topological polar surface area (TPSA) is 32.3 Å². The van der Waals surface area contributed by atoms with Gasteiger partial charge in [0.1, 0.15) is 0 Å². The van der Waals surface area contributed by atoms with Crippen molar-refractivity contribution < 1.29 is 5.11 Å². The molecule has 0 saturated carbocycles. The predicted octanol–water partition coefficient (Wildman–Crippen LogP) is 0.368. The maximum absolute atomic E-state index is 8.98. The third-order valence-corrected chi connectivity index (χ3v) is 1.15. The van der Waals surface area contributed by atoms with Crippen molar-refractivity contribution in [1.82, 2.24) is 5.32 Å². The summed E-state index contributed by atoms with van der Waals surface area (Å²) in [5.41, 5.74) is 0.951. The Morgan fingerprint density at radius 3 is 2.88 bits per heavy atom. The molecule has 0 aliphatic carbocycles. The molecule has 44 valence electrons. The van der Waals surface area contributed by atoms with E-state index in [1.54, 1.807) is 18.5 Å². The summed E-state index contributed by atoms with van der Waals surface area (Å²) >= 11 is 0. The van der Waals surface area contributed by atoms with Gasteiger partial charge in [-0.05, 0) is 24.8 Å². The van der Waals surface area contributed by atoms with Gasteiger partial charge in [-0.2, -0.15) is 0 Å². The summed E-state index contributed by atoms with van der Waals surface area (Å²) in [6.07, 6.45) is 4.83. The second-order valence-electron chi connectivity index (χ2n) is 1.86. The smallest absolute Gasteiger partial charge is 0.0962 e. The molecule has 1 rings (SSSR count). The van der Waals surface area contributed by atoms with Crippen LogP contribution in [0.4, 0.5) is 0 Å². The van der Waals surface area contributed by atoms with Crippen molar-refractivity contribution in [2.24, 2.45) is 0 Å². The first-order chi connectivity index (χ1) is 3.80. The Bertz CT molecular complexity index is 137. The number of rotatable bonds is 0. The second kappa shape index (κ2) is 2.01. The van der Waals surface area contributed by atoms with Crippen LogP contribution in [0.1, 0.15) is 6.92 Å². The highest BCUT2D eigenvalue weighted by molar-refractivity contribution is 5.16. The van der Waals surface area contributed by atoms with Crippen LogP contribution in [0, 0.1) is 0 Å². The Kier molecular flexibility index (Phi) is 1.35. The van der Waals surface area contributed by atoms with E-state index in [1.165, 1.54) is 0 Å². The maximum Gasteiger partial charge on any atom is 0.0962 e. The number of aliphatic hydroxyl groups excluding tert-OH is 1. The van der Waals surface area contributed by atoms with Crippen molar-refractivity contribution in [3.05, 3.63) is 24.0 Å². The Labute approximate surface area is 48.5 Å². The molecule has 2 N–H and O–H groups in total. The quantitative estimate of drug-likeness (QED) is 0.473. The normalized spacial score (nSPS) is 26.8. The third-order valence-electron chi connectivity index (χ3n) is 1.15. The van der Waals surface area contributed by atoms with Gasteiger partial charge in [-0.3, -0.25) is 0 Å². The largest absolute Gasteiger partial charge is 0.385 e. The molecule has 0 bridgehead atoms. The minimum atomic E-state index is -0.378. The van der Waals surface area contributed by atoms with E-state index in [2.05, 4.69) is 5.32 Å². The molecule has 1 atom stereocenters. The summed E-state index contributed by atoms with van der Waals surface area (Å²) in [5, 5.41) is 11.8. The molecule has 1 aliphatic heterocycles. The molecule has 0 aromatic heterocycles. The molecule has 0 saturated heterocycles. The summed E-state index contributed by atoms with van der Waals surface area (Å²) in [7, 11) is 0. The minimum Gasteiger partial charge on any atom is -0.385 e. The highest BCUT2D eigenvalue weighted by Crippen LogP contribution is 2.03. The van der Waals surface area contributed by atoms with Crippen molar-refractivity contribution in [2.75, 3.05) is 0 Å². The Hall–Kier alpha value is -0.760. The van der Waals surface area contributed by atoms with Crippen molar-refractivity contribution in [3.63, 3.8) is 0 Å². The van der Waals surface area contributed by atoms with E-state index in [-0.39, 0.29) is 6.10 Å². The first kappa shape index (κ1) is 5.38. The van der Waals surface area contributed by atoms with E-state index in [0.29, 0.717) is 0 Å². The first-order valence-electron chi connectivity index (χ1n) is 2.58. The average molecular weight is 111 g/mol. The van der Waals surface area contributed by atoms with Crippen LogP contribution in [0.5, 0.6) is 0 Å². The van der Waals surface area contributed by atoms with Crippen LogP contribution in [0.3, 0.4) is 0 Å². The van der Waals surface area contributed by atoms with E-state index in [1.807, 2.05) is 6.92 Å². The van der Waals surface area contributed by atoms with Gasteiger partial charge < -0.3 is 10.4 Å². The number of hydrogen-bond donors (Lipinski definition) is 2. The molecule has 2 nitrogen and oxygen atoms in total. The zero-order chi connectivity index (χ0) is 5.98. The zero-order valence-corrected chi connectivity index (χ0v) is 4.76. The third kappa shape index (κ3) is 0.898. The Morgan fingerprint density at radius 2 is 2.50 bits per heavy atom. The van der Waals surface area contributed by atoms with Gasteiger partial charge >= 0.3 is 0 Å². The van der Waals surface area contributed by atoms with Crippen LogP contribution in [0.25, 0.3) is 0 Å². The number of nitrogens with one attached hydrogen (secondary N) is 1. The lowest BCUT2D eigenvalue weighted by molar-refractivity contribution is 0.256. The van der Waals surface area contributed by atoms with Crippen molar-refractivity contribution in [2.45, 2.75) is 13.0 Å². The fraction of sp³-hybridized carbons (Fsp3) is 0.333. The van der Waals surface area contributed by atoms with Gasteiger partial charge in [0.2, 0.25) is 0 Å². The molecule has 0 aromatic rings. The van der Waals surface area contributed by atoms with Crippen LogP contribution in [0.2, 0.25) is 0 Å². The van der Waals surface area contributed by atoms with Gasteiger partial charge in [-0.15, -0.1) is 0 Å². The van der Waals surface area contributed by atoms with Gasteiger partial charge in [0, 0.05) is 6.20 Å². The van der Waals surface area contributed by atoms with Crippen LogP contribution < -0.4 is 5.32 Å². The zero-order valence-electron chi connectivity index (χ0n) is 4.76. The standard InChI is InChI=1S/C6H9NO/c1-5-4-7-3-2-6(5)8/h2-4,6-8H,1H3. The van der Waals surface area contributed by atoms with Crippen molar-refractivity contribution >= 4 is 0 Å². The highest BCUT2D eigenvalue weighted by Gasteiger charge is 2.02. The number of aliphatic hydroxyl groups is 1. The van der Waals surface area contributed by atoms with Gasteiger partial charge in [-0.1, -0.05) is 0 Å². The van der Waals surface area contributed by atoms with Crippen LogP contribution in [0.15, 0.2) is 24.0 Å². The van der Waals surface area contributed by atoms with Crippen molar-refractivity contribution in [3.8, 4) is 0 Å². The monoisotopic (exact) mass is 111 g/mol. The summed E-state index contributed by atoms with van der Waals surface area (Å²) in [6, 6.07) is 0. The second-order valence-corrected chi connectivity index (χ2v) is 1.86. The molecule has 0 spiro atoms. The summed E-state index contributed by atoms with van der Waals surface area (Å²) in [5.74, 6) is 0. The molecule has 1 unspecified atom stereocenters. The average Bonchev–Trinajstić information content (AvgIpc) is 1.77. The fourth-order valence-electron chi connectivity index (χ4n) is 0.563. The van der Waals surface area contributed by atoms with Gasteiger partial charge in [0.05, 0.1) is 6.10 Å². The van der Waals surface area contributed by atoms with E-state index >= 15 is 0 Å². The summed E-state index contributed by atoms with van der Waals surface area (Å²) in [4.78, 5) is 0. The molecular formula is C6H9NO. The van der Waals surface area contributed by atoms with E-state index < -0.39 is 0 Å². The lowest BCUT2D eigenvalue weighted by Crippen LogP contribution is -2.12. The van der Waals surface area contributed by atoms with E-state index in [9.17, 15) is 0 Å². The molecule has 1 heterocycles. The van der Waals surface area contributed by atoms with E-state index in [4.69, 9.17) is 5.11 Å². The Morgan fingerprint density at radius 1 is 1.75 bits per heavy atom. The predicted molar refractivity (Wildman–Crippen MR) is 32.0 cm³/mol. The molecule has 0 amide bonds. The number of dihydropyridines is 1. The highest BCUT2D eigenvalue weighted by atomic mass is 16.3. The van der Waals surface area contributed by atoms with E-state index in [0.717, 1.165) is 5.57 Å². The molecule has 2 heteroatoms. The van der Waals surface area contributed by atoms with Gasteiger partial charge in [0.25, 0.3) is 0 Å². The van der Waals surface area contributed by atoms with Crippen LogP contribution >= 0.6 is 0 Å². The molecule has 0 fully saturated rings. The molecular weight excluding hydrogens is 102 g/mol. The summed E-state index contributed by atoms with van der Waals surface area (Å²) < 4.78 is 0. The molecule has 0 radical (unpaired) electrons. The van der Waals surface area contributed by atoms with Crippen LogP contribution in [-0.2, 0) is 0 Å².